The minimum atomic E-state index is -0.747. The molecule has 0 saturated carbocycles. The number of hydrogen-bond donors (Lipinski definition) is 0. The Hall–Kier alpha value is -2.38. The molecule has 0 amide bonds. The number of ether oxygens (including phenoxy) is 2. The van der Waals surface area contributed by atoms with Crippen molar-refractivity contribution in [2.45, 2.75) is 0 Å². The molecule has 0 bridgehead atoms. The van der Waals surface area contributed by atoms with Crippen molar-refractivity contribution in [3.63, 3.8) is 0 Å². The van der Waals surface area contributed by atoms with Crippen molar-refractivity contribution in [2.24, 2.45) is 0 Å². The number of carbonyl (C=O) groups is 1. The monoisotopic (exact) mass is 342 g/mol. The van der Waals surface area contributed by atoms with Crippen LogP contribution in [0.5, 0.6) is 11.6 Å². The molecule has 0 spiro atoms. The van der Waals surface area contributed by atoms with E-state index in [0.717, 1.165) is 19.4 Å². The first-order valence-corrected chi connectivity index (χ1v) is 6.53. The Morgan fingerprint density at radius 3 is 2.68 bits per heavy atom. The van der Waals surface area contributed by atoms with Crippen molar-refractivity contribution in [1.29, 1.82) is 0 Å². The van der Waals surface area contributed by atoms with Gasteiger partial charge in [0.25, 0.3) is 5.88 Å². The molecular weight excluding hydrogens is 335 g/mol. The van der Waals surface area contributed by atoms with E-state index < -0.39 is 16.6 Å². The van der Waals surface area contributed by atoms with Crippen LogP contribution in [-0.4, -0.2) is 23.0 Å². The highest BCUT2D eigenvalue weighted by atomic mass is 35.5. The number of nitro groups is 1. The van der Waals surface area contributed by atoms with Gasteiger partial charge in [-0.1, -0.05) is 23.2 Å². The molecule has 0 unspecified atom stereocenters. The van der Waals surface area contributed by atoms with Gasteiger partial charge >= 0.3 is 11.7 Å². The third-order valence-electron chi connectivity index (χ3n) is 2.55. The van der Waals surface area contributed by atoms with Gasteiger partial charge in [-0.05, 0) is 12.1 Å². The Kier molecular flexibility index (Phi) is 4.79. The molecule has 0 N–H and O–H groups in total. The maximum absolute atomic E-state index is 11.4. The van der Waals surface area contributed by atoms with Gasteiger partial charge in [0.1, 0.15) is 5.75 Å². The second-order valence-corrected chi connectivity index (χ2v) is 4.82. The largest absolute Gasteiger partial charge is 0.465 e. The van der Waals surface area contributed by atoms with Gasteiger partial charge in [-0.3, -0.25) is 10.1 Å². The number of esters is 1. The Morgan fingerprint density at radius 1 is 1.32 bits per heavy atom. The van der Waals surface area contributed by atoms with Crippen LogP contribution in [0.4, 0.5) is 5.69 Å². The molecular formula is C13H8Cl2N2O5. The van der Waals surface area contributed by atoms with E-state index in [2.05, 4.69) is 9.72 Å². The summed E-state index contributed by atoms with van der Waals surface area (Å²) in [5.41, 5.74) is -0.572. The fourth-order valence-electron chi connectivity index (χ4n) is 1.54. The molecule has 0 aliphatic rings. The van der Waals surface area contributed by atoms with E-state index in [4.69, 9.17) is 27.9 Å². The van der Waals surface area contributed by atoms with Gasteiger partial charge in [-0.15, -0.1) is 0 Å². The number of rotatable bonds is 4. The van der Waals surface area contributed by atoms with Crippen molar-refractivity contribution >= 4 is 34.9 Å². The third-order valence-corrected chi connectivity index (χ3v) is 3.10. The zero-order valence-corrected chi connectivity index (χ0v) is 12.6. The lowest BCUT2D eigenvalue weighted by atomic mass is 10.2. The van der Waals surface area contributed by atoms with Gasteiger partial charge in [-0.25, -0.2) is 9.78 Å². The number of carbonyl (C=O) groups excluding carboxylic acids is 1. The first-order chi connectivity index (χ1) is 10.4. The first-order valence-electron chi connectivity index (χ1n) is 5.78. The smallest absolute Gasteiger partial charge is 0.339 e. The van der Waals surface area contributed by atoms with Crippen LogP contribution < -0.4 is 4.74 Å². The number of benzene rings is 1. The summed E-state index contributed by atoms with van der Waals surface area (Å²) in [6, 6.07) is 5.42. The zero-order chi connectivity index (χ0) is 16.3. The van der Waals surface area contributed by atoms with Crippen molar-refractivity contribution in [1.82, 2.24) is 4.98 Å². The fraction of sp³-hybridized carbons (Fsp3) is 0.0769. The number of hydrogen-bond acceptors (Lipinski definition) is 6. The minimum absolute atomic E-state index is 0.0706. The van der Waals surface area contributed by atoms with Gasteiger partial charge in [0.15, 0.2) is 0 Å². The van der Waals surface area contributed by atoms with Crippen molar-refractivity contribution in [3.8, 4) is 11.6 Å². The molecule has 2 rings (SSSR count). The van der Waals surface area contributed by atoms with E-state index in [0.29, 0.717) is 5.02 Å². The summed E-state index contributed by atoms with van der Waals surface area (Å²) in [6.07, 6.45) is 1.10. The van der Waals surface area contributed by atoms with E-state index in [1.165, 1.54) is 12.1 Å². The Bertz CT molecular complexity index is 751. The predicted octanol–water partition coefficient (Wildman–Crippen LogP) is 3.88. The summed E-state index contributed by atoms with van der Waals surface area (Å²) in [7, 11) is 1.16. The lowest BCUT2D eigenvalue weighted by Crippen LogP contribution is -2.04. The normalized spacial score (nSPS) is 10.1. The Balaban J connectivity index is 2.44. The SMILES string of the molecule is COC(=O)c1cnc(Oc2cc(Cl)ccc2Cl)c([N+](=O)[O-])c1. The second kappa shape index (κ2) is 6.59. The van der Waals surface area contributed by atoms with Crippen LogP contribution in [0.25, 0.3) is 0 Å². The number of pyridine rings is 1. The van der Waals surface area contributed by atoms with Gasteiger partial charge in [0, 0.05) is 23.4 Å². The van der Waals surface area contributed by atoms with Crippen LogP contribution >= 0.6 is 23.2 Å². The summed E-state index contributed by atoms with van der Waals surface area (Å²) in [6.45, 7) is 0. The molecule has 0 atom stereocenters. The van der Waals surface area contributed by atoms with Crippen LogP contribution in [-0.2, 0) is 4.74 Å². The lowest BCUT2D eigenvalue weighted by molar-refractivity contribution is -0.386. The number of nitrogens with zero attached hydrogens (tertiary/aromatic N) is 2. The highest BCUT2D eigenvalue weighted by molar-refractivity contribution is 6.34. The third kappa shape index (κ3) is 3.44. The highest BCUT2D eigenvalue weighted by Crippen LogP contribution is 2.35. The minimum Gasteiger partial charge on any atom is -0.465 e. The maximum atomic E-state index is 11.4. The molecule has 22 heavy (non-hydrogen) atoms. The Labute approximate surface area is 134 Å². The van der Waals surface area contributed by atoms with Gasteiger partial charge in [0.2, 0.25) is 0 Å². The average molecular weight is 343 g/mol. The van der Waals surface area contributed by atoms with E-state index >= 15 is 0 Å². The summed E-state index contributed by atoms with van der Waals surface area (Å²) in [4.78, 5) is 25.5. The molecule has 9 heteroatoms. The summed E-state index contributed by atoms with van der Waals surface area (Å²) in [5, 5.41) is 11.6. The topological polar surface area (TPSA) is 91.6 Å². The molecule has 0 aliphatic carbocycles. The standard InChI is InChI=1S/C13H8Cl2N2O5/c1-21-13(18)7-4-10(17(19)20)12(16-6-7)22-11-5-8(14)2-3-9(11)15/h2-6H,1H3. The van der Waals surface area contributed by atoms with Crippen molar-refractivity contribution in [2.75, 3.05) is 7.11 Å². The number of aromatic nitrogens is 1. The predicted molar refractivity (Wildman–Crippen MR) is 78.8 cm³/mol. The van der Waals surface area contributed by atoms with E-state index in [-0.39, 0.29) is 22.2 Å². The van der Waals surface area contributed by atoms with E-state index in [1.807, 2.05) is 0 Å². The van der Waals surface area contributed by atoms with E-state index in [9.17, 15) is 14.9 Å². The molecule has 7 nitrogen and oxygen atoms in total. The summed E-state index contributed by atoms with van der Waals surface area (Å²) >= 11 is 11.7. The van der Waals surface area contributed by atoms with Crippen molar-refractivity contribution < 1.29 is 19.2 Å². The molecule has 114 valence electrons. The molecule has 0 saturated heterocycles. The average Bonchev–Trinajstić information content (AvgIpc) is 2.50. The highest BCUT2D eigenvalue weighted by Gasteiger charge is 2.22. The quantitative estimate of drug-likeness (QED) is 0.475. The zero-order valence-electron chi connectivity index (χ0n) is 11.1. The van der Waals surface area contributed by atoms with Crippen LogP contribution in [0.3, 0.4) is 0 Å². The van der Waals surface area contributed by atoms with Crippen LogP contribution in [0.15, 0.2) is 30.5 Å². The maximum Gasteiger partial charge on any atom is 0.339 e. The molecule has 0 radical (unpaired) electrons. The van der Waals surface area contributed by atoms with E-state index in [1.54, 1.807) is 6.07 Å². The molecule has 2 aromatic rings. The number of halogens is 2. The molecule has 1 heterocycles. The van der Waals surface area contributed by atoms with Crippen LogP contribution in [0.2, 0.25) is 10.0 Å². The summed E-state index contributed by atoms with van der Waals surface area (Å²) in [5.74, 6) is -0.958. The van der Waals surface area contributed by atoms with Crippen molar-refractivity contribution in [3.05, 3.63) is 56.2 Å². The second-order valence-electron chi connectivity index (χ2n) is 3.97. The molecule has 1 aromatic carbocycles. The molecule has 0 fully saturated rings. The summed E-state index contributed by atoms with van der Waals surface area (Å²) < 4.78 is 9.81. The van der Waals surface area contributed by atoms with Gasteiger partial charge in [0.05, 0.1) is 22.6 Å². The van der Waals surface area contributed by atoms with Gasteiger partial charge in [-0.2, -0.15) is 0 Å². The lowest BCUT2D eigenvalue weighted by Gasteiger charge is -2.08. The van der Waals surface area contributed by atoms with Gasteiger partial charge < -0.3 is 9.47 Å². The number of methoxy groups -OCH3 is 1. The fourth-order valence-corrected chi connectivity index (χ4v) is 1.86. The first kappa shape index (κ1) is 16.0. The molecule has 0 aliphatic heterocycles. The van der Waals surface area contributed by atoms with Crippen LogP contribution in [0.1, 0.15) is 10.4 Å². The molecule has 1 aromatic heterocycles. The Morgan fingerprint density at radius 2 is 2.05 bits per heavy atom. The van der Waals surface area contributed by atoms with Crippen LogP contribution in [0, 0.1) is 10.1 Å².